The van der Waals surface area contributed by atoms with Gasteiger partial charge >= 0.3 is 0 Å². The maximum absolute atomic E-state index is 10.6. The number of nitrogens with two attached hydrogens (primary N) is 2. The number of nitrogens with zero attached hydrogens (tertiary/aromatic N) is 1. The Morgan fingerprint density at radius 3 is 2.88 bits per heavy atom. The third-order valence-electron chi connectivity index (χ3n) is 2.39. The van der Waals surface area contributed by atoms with Crippen molar-refractivity contribution in [1.29, 1.82) is 0 Å². The smallest absolute Gasteiger partial charge is 0.219 e. The number of benzene rings is 1. The van der Waals surface area contributed by atoms with Crippen molar-refractivity contribution in [1.82, 2.24) is 4.98 Å². The van der Waals surface area contributed by atoms with Crippen molar-refractivity contribution in [3.8, 4) is 0 Å². The molecule has 5 heteroatoms. The minimum atomic E-state index is -0.328. The van der Waals surface area contributed by atoms with Crippen LogP contribution in [-0.2, 0) is 4.79 Å². The predicted molar refractivity (Wildman–Crippen MR) is 68.5 cm³/mol. The van der Waals surface area contributed by atoms with Gasteiger partial charge in [0.25, 0.3) is 0 Å². The van der Waals surface area contributed by atoms with Gasteiger partial charge in [0.05, 0.1) is 5.52 Å². The lowest BCUT2D eigenvalue weighted by atomic mass is 10.2. The van der Waals surface area contributed by atoms with Gasteiger partial charge in [-0.05, 0) is 30.3 Å². The van der Waals surface area contributed by atoms with Crippen LogP contribution >= 0.6 is 0 Å². The molecule has 5 nitrogen and oxygen atoms in total. The highest BCUT2D eigenvalue weighted by Crippen LogP contribution is 2.17. The molecule has 17 heavy (non-hydrogen) atoms. The fourth-order valence-electron chi connectivity index (χ4n) is 1.56. The van der Waals surface area contributed by atoms with Crippen molar-refractivity contribution in [3.05, 3.63) is 30.3 Å². The standard InChI is InChI=1S/C12H14N4O/c13-9-2-3-10-8(7-9)1-4-12(16-10)15-6-5-11(14)17/h1-4,7H,5-6,13H2,(H2,14,17)(H,15,16). The van der Waals surface area contributed by atoms with Gasteiger partial charge in [-0.3, -0.25) is 4.79 Å². The summed E-state index contributed by atoms with van der Waals surface area (Å²) >= 11 is 0. The molecule has 1 amide bonds. The van der Waals surface area contributed by atoms with Crippen LogP contribution in [0.2, 0.25) is 0 Å². The molecule has 2 aromatic rings. The van der Waals surface area contributed by atoms with E-state index in [-0.39, 0.29) is 5.91 Å². The summed E-state index contributed by atoms with van der Waals surface area (Å²) in [6, 6.07) is 9.33. The lowest BCUT2D eigenvalue weighted by Gasteiger charge is -2.05. The average molecular weight is 230 g/mol. The second-order valence-electron chi connectivity index (χ2n) is 3.79. The summed E-state index contributed by atoms with van der Waals surface area (Å²) < 4.78 is 0. The molecule has 0 unspecified atom stereocenters. The highest BCUT2D eigenvalue weighted by Gasteiger charge is 1.99. The monoisotopic (exact) mass is 230 g/mol. The number of amides is 1. The van der Waals surface area contributed by atoms with E-state index in [1.54, 1.807) is 0 Å². The zero-order valence-corrected chi connectivity index (χ0v) is 9.31. The first-order valence-electron chi connectivity index (χ1n) is 5.33. The Labute approximate surface area is 98.8 Å². The number of hydrogen-bond donors (Lipinski definition) is 3. The van der Waals surface area contributed by atoms with E-state index >= 15 is 0 Å². The second-order valence-corrected chi connectivity index (χ2v) is 3.79. The first kappa shape index (κ1) is 11.2. The summed E-state index contributed by atoms with van der Waals surface area (Å²) in [5.74, 6) is 0.398. The molecule has 0 aliphatic carbocycles. The molecule has 1 aromatic carbocycles. The van der Waals surface area contributed by atoms with E-state index in [1.807, 2.05) is 30.3 Å². The van der Waals surface area contributed by atoms with Gasteiger partial charge in [0.15, 0.2) is 0 Å². The summed E-state index contributed by atoms with van der Waals surface area (Å²) in [4.78, 5) is 15.0. The Balaban J connectivity index is 2.14. The number of fused-ring (bicyclic) bond motifs is 1. The molecule has 0 saturated heterocycles. The fourth-order valence-corrected chi connectivity index (χ4v) is 1.56. The van der Waals surface area contributed by atoms with E-state index < -0.39 is 0 Å². The highest BCUT2D eigenvalue weighted by atomic mass is 16.1. The number of pyridine rings is 1. The quantitative estimate of drug-likeness (QED) is 0.685. The number of primary amides is 1. The summed E-state index contributed by atoms with van der Waals surface area (Å²) in [6.45, 7) is 0.489. The third-order valence-corrected chi connectivity index (χ3v) is 2.39. The normalized spacial score (nSPS) is 10.4. The molecule has 88 valence electrons. The number of hydrogen-bond acceptors (Lipinski definition) is 4. The maximum atomic E-state index is 10.6. The number of nitrogens with one attached hydrogen (secondary N) is 1. The molecule has 5 N–H and O–H groups in total. The van der Waals surface area contributed by atoms with Gasteiger partial charge in [0.1, 0.15) is 5.82 Å². The van der Waals surface area contributed by atoms with Crippen molar-refractivity contribution in [2.24, 2.45) is 5.73 Å². The van der Waals surface area contributed by atoms with Crippen LogP contribution in [0.3, 0.4) is 0 Å². The highest BCUT2D eigenvalue weighted by molar-refractivity contribution is 5.83. The molecule has 0 fully saturated rings. The van der Waals surface area contributed by atoms with Gasteiger partial charge in [0.2, 0.25) is 5.91 Å². The topological polar surface area (TPSA) is 94.0 Å². The van der Waals surface area contributed by atoms with Gasteiger partial charge in [-0.2, -0.15) is 0 Å². The van der Waals surface area contributed by atoms with Crippen LogP contribution in [0.5, 0.6) is 0 Å². The fraction of sp³-hybridized carbons (Fsp3) is 0.167. The molecular formula is C12H14N4O. The van der Waals surface area contributed by atoms with Gasteiger partial charge < -0.3 is 16.8 Å². The molecule has 2 rings (SSSR count). The Kier molecular flexibility index (Phi) is 3.09. The number of nitrogen functional groups attached to an aromatic ring is 1. The molecule has 1 heterocycles. The number of aromatic nitrogens is 1. The molecule has 0 saturated carbocycles. The van der Waals surface area contributed by atoms with Crippen molar-refractivity contribution >= 4 is 28.3 Å². The average Bonchev–Trinajstić information content (AvgIpc) is 2.29. The number of rotatable bonds is 4. The Hall–Kier alpha value is -2.30. The summed E-state index contributed by atoms with van der Waals surface area (Å²) in [7, 11) is 0. The van der Waals surface area contributed by atoms with E-state index in [9.17, 15) is 4.79 Å². The van der Waals surface area contributed by atoms with Crippen LogP contribution in [0, 0.1) is 0 Å². The molecule has 0 bridgehead atoms. The van der Waals surface area contributed by atoms with Crippen molar-refractivity contribution in [2.45, 2.75) is 6.42 Å². The molecule has 0 radical (unpaired) electrons. The predicted octanol–water partition coefficient (Wildman–Crippen LogP) is 1.10. The van der Waals surface area contributed by atoms with E-state index in [4.69, 9.17) is 11.5 Å². The first-order chi connectivity index (χ1) is 8.15. The molecule has 0 aliphatic heterocycles. The van der Waals surface area contributed by atoms with Crippen LogP contribution in [0.25, 0.3) is 10.9 Å². The zero-order chi connectivity index (χ0) is 12.3. The van der Waals surface area contributed by atoms with Gasteiger partial charge in [-0.15, -0.1) is 0 Å². The Bertz CT molecular complexity index is 553. The number of carbonyl (C=O) groups is 1. The van der Waals surface area contributed by atoms with E-state index in [0.717, 1.165) is 16.7 Å². The molecule has 0 atom stereocenters. The van der Waals surface area contributed by atoms with E-state index in [0.29, 0.717) is 18.7 Å². The summed E-state index contributed by atoms with van der Waals surface area (Å²) in [5.41, 5.74) is 12.3. The number of carbonyl (C=O) groups excluding carboxylic acids is 1. The van der Waals surface area contributed by atoms with Crippen LogP contribution in [0.1, 0.15) is 6.42 Å². The molecule has 0 aliphatic rings. The minimum absolute atomic E-state index is 0.293. The van der Waals surface area contributed by atoms with E-state index in [2.05, 4.69) is 10.3 Å². The van der Waals surface area contributed by atoms with Gasteiger partial charge in [-0.1, -0.05) is 0 Å². The van der Waals surface area contributed by atoms with E-state index in [1.165, 1.54) is 0 Å². The zero-order valence-electron chi connectivity index (χ0n) is 9.31. The molecule has 0 spiro atoms. The van der Waals surface area contributed by atoms with Crippen molar-refractivity contribution < 1.29 is 4.79 Å². The first-order valence-corrected chi connectivity index (χ1v) is 5.33. The van der Waals surface area contributed by atoms with Crippen molar-refractivity contribution in [3.63, 3.8) is 0 Å². The Morgan fingerprint density at radius 1 is 1.29 bits per heavy atom. The molecule has 1 aromatic heterocycles. The third kappa shape index (κ3) is 2.84. The van der Waals surface area contributed by atoms with Crippen LogP contribution in [0.4, 0.5) is 11.5 Å². The minimum Gasteiger partial charge on any atom is -0.399 e. The SMILES string of the molecule is NC(=O)CCNc1ccc2cc(N)ccc2n1. The molecular weight excluding hydrogens is 216 g/mol. The number of anilines is 2. The lowest BCUT2D eigenvalue weighted by Crippen LogP contribution is -2.16. The van der Waals surface area contributed by atoms with Crippen molar-refractivity contribution in [2.75, 3.05) is 17.6 Å². The van der Waals surface area contributed by atoms with Crippen LogP contribution < -0.4 is 16.8 Å². The van der Waals surface area contributed by atoms with Gasteiger partial charge in [-0.25, -0.2) is 4.98 Å². The second kappa shape index (κ2) is 4.69. The largest absolute Gasteiger partial charge is 0.399 e. The van der Waals surface area contributed by atoms with Crippen LogP contribution in [0.15, 0.2) is 30.3 Å². The summed E-state index contributed by atoms with van der Waals surface area (Å²) in [6.07, 6.45) is 0.293. The van der Waals surface area contributed by atoms with Crippen LogP contribution in [-0.4, -0.2) is 17.4 Å². The summed E-state index contributed by atoms with van der Waals surface area (Å²) in [5, 5.41) is 4.03. The Morgan fingerprint density at radius 2 is 2.12 bits per heavy atom. The maximum Gasteiger partial charge on any atom is 0.219 e. The lowest BCUT2D eigenvalue weighted by molar-refractivity contribution is -0.117. The van der Waals surface area contributed by atoms with Gasteiger partial charge in [0, 0.05) is 24.0 Å².